The summed E-state index contributed by atoms with van der Waals surface area (Å²) in [6.07, 6.45) is 7.29. The molecular formula is C28H38O7. The molecule has 5 atom stereocenters. The molecule has 35 heavy (non-hydrogen) atoms. The average molecular weight is 487 g/mol. The van der Waals surface area contributed by atoms with Crippen LogP contribution in [-0.2, 0) is 30.3 Å². The number of hydrogen-bond acceptors (Lipinski definition) is 7. The van der Waals surface area contributed by atoms with Gasteiger partial charge in [-0.25, -0.2) is 0 Å². The van der Waals surface area contributed by atoms with Gasteiger partial charge in [-0.3, -0.25) is 0 Å². The third-order valence-corrected chi connectivity index (χ3v) is 6.31. The van der Waals surface area contributed by atoms with E-state index in [0.717, 1.165) is 29.9 Å². The molecule has 0 unspecified atom stereocenters. The lowest BCUT2D eigenvalue weighted by molar-refractivity contribution is -0.144. The van der Waals surface area contributed by atoms with Crippen molar-refractivity contribution < 1.29 is 32.8 Å². The van der Waals surface area contributed by atoms with E-state index < -0.39 is 5.79 Å². The van der Waals surface area contributed by atoms with E-state index in [1.807, 2.05) is 62.4 Å². The fraction of sp³-hybridized carbons (Fsp3) is 0.571. The van der Waals surface area contributed by atoms with Gasteiger partial charge in [-0.05, 0) is 62.2 Å². The zero-order valence-electron chi connectivity index (χ0n) is 21.2. The summed E-state index contributed by atoms with van der Waals surface area (Å²) in [6, 6.07) is 11.7. The quantitative estimate of drug-likeness (QED) is 0.373. The molecule has 2 aliphatic rings. The monoisotopic (exact) mass is 486 g/mol. The lowest BCUT2D eigenvalue weighted by Crippen LogP contribution is -2.39. The van der Waals surface area contributed by atoms with Gasteiger partial charge in [0.15, 0.2) is 5.79 Å². The van der Waals surface area contributed by atoms with Gasteiger partial charge in [0.1, 0.15) is 29.8 Å². The van der Waals surface area contributed by atoms with Crippen LogP contribution in [0.3, 0.4) is 0 Å². The normalized spacial score (nSPS) is 28.2. The van der Waals surface area contributed by atoms with E-state index in [0.29, 0.717) is 26.2 Å². The van der Waals surface area contributed by atoms with E-state index in [1.165, 1.54) is 0 Å². The van der Waals surface area contributed by atoms with Gasteiger partial charge in [0.05, 0.1) is 38.8 Å². The molecule has 2 aromatic rings. The first-order valence-electron chi connectivity index (χ1n) is 12.5. The van der Waals surface area contributed by atoms with Gasteiger partial charge in [-0.15, -0.1) is 0 Å². The molecule has 0 N–H and O–H groups in total. The summed E-state index contributed by atoms with van der Waals surface area (Å²) < 4.78 is 42.0. The highest BCUT2D eigenvalue weighted by atomic mass is 16.7. The predicted octanol–water partition coefficient (Wildman–Crippen LogP) is 5.38. The predicted molar refractivity (Wildman–Crippen MR) is 132 cm³/mol. The maximum atomic E-state index is 6.54. The van der Waals surface area contributed by atoms with Gasteiger partial charge in [-0.2, -0.15) is 0 Å². The van der Waals surface area contributed by atoms with Gasteiger partial charge in [0.25, 0.3) is 0 Å². The Balaban J connectivity index is 1.51. The second-order valence-electron chi connectivity index (χ2n) is 9.51. The second kappa shape index (κ2) is 12.2. The van der Waals surface area contributed by atoms with Crippen molar-refractivity contribution in [2.45, 2.75) is 82.9 Å². The largest absolute Gasteiger partial charge is 0.497 e. The van der Waals surface area contributed by atoms with Crippen LogP contribution in [0.5, 0.6) is 5.75 Å². The van der Waals surface area contributed by atoms with Crippen LogP contribution in [0.1, 0.15) is 51.4 Å². The average Bonchev–Trinajstić information content (AvgIpc) is 3.57. The fourth-order valence-corrected chi connectivity index (χ4v) is 4.48. The molecule has 0 saturated carbocycles. The molecule has 1 aromatic carbocycles. The van der Waals surface area contributed by atoms with E-state index in [2.05, 4.69) is 6.92 Å². The minimum Gasteiger partial charge on any atom is -0.497 e. The summed E-state index contributed by atoms with van der Waals surface area (Å²) in [5.74, 6) is 1.01. The summed E-state index contributed by atoms with van der Waals surface area (Å²) in [4.78, 5) is 0. The lowest BCUT2D eigenvalue weighted by Gasteiger charge is -2.26. The molecule has 2 fully saturated rings. The van der Waals surface area contributed by atoms with Crippen molar-refractivity contribution >= 4 is 6.08 Å². The van der Waals surface area contributed by atoms with Gasteiger partial charge in [-0.1, -0.05) is 25.5 Å². The number of hydrogen-bond donors (Lipinski definition) is 0. The van der Waals surface area contributed by atoms with Crippen LogP contribution in [0, 0.1) is 0 Å². The summed E-state index contributed by atoms with van der Waals surface area (Å²) in [5, 5.41) is 0. The Hall–Kier alpha value is -2.16. The van der Waals surface area contributed by atoms with Crippen molar-refractivity contribution in [1.29, 1.82) is 0 Å². The van der Waals surface area contributed by atoms with Gasteiger partial charge in [0, 0.05) is 13.0 Å². The third kappa shape index (κ3) is 7.18. The molecule has 0 bridgehead atoms. The molecule has 4 rings (SSSR count). The highest BCUT2D eigenvalue weighted by Crippen LogP contribution is 2.34. The molecule has 0 aliphatic carbocycles. The Labute approximate surface area is 208 Å². The van der Waals surface area contributed by atoms with E-state index in [1.54, 1.807) is 13.4 Å². The SMILES string of the molecule is CCCCO[C@@H]1[C@@H](OCc2ccc(OC)cc2)[C@H](/C=C/c2ccco2)O[C@@H]1C[C@@H]1COC(C)(C)O1. The smallest absolute Gasteiger partial charge is 0.163 e. The van der Waals surface area contributed by atoms with E-state index in [9.17, 15) is 0 Å². The maximum absolute atomic E-state index is 6.54. The Morgan fingerprint density at radius 1 is 1.09 bits per heavy atom. The van der Waals surface area contributed by atoms with Gasteiger partial charge < -0.3 is 32.8 Å². The number of unbranched alkanes of at least 4 members (excludes halogenated alkanes) is 1. The fourth-order valence-electron chi connectivity index (χ4n) is 4.48. The minimum absolute atomic E-state index is 0.0534. The van der Waals surface area contributed by atoms with Crippen molar-refractivity contribution in [2.75, 3.05) is 20.3 Å². The molecule has 7 nitrogen and oxygen atoms in total. The summed E-state index contributed by atoms with van der Waals surface area (Å²) in [7, 11) is 1.66. The Morgan fingerprint density at radius 2 is 1.91 bits per heavy atom. The summed E-state index contributed by atoms with van der Waals surface area (Å²) in [6.45, 7) is 7.68. The highest BCUT2D eigenvalue weighted by Gasteiger charge is 2.47. The number of furan rings is 1. The van der Waals surface area contributed by atoms with Crippen LogP contribution in [0.25, 0.3) is 6.08 Å². The van der Waals surface area contributed by atoms with Crippen LogP contribution in [-0.4, -0.2) is 56.6 Å². The zero-order chi connectivity index (χ0) is 24.7. The van der Waals surface area contributed by atoms with Crippen LogP contribution < -0.4 is 4.74 Å². The van der Waals surface area contributed by atoms with Gasteiger partial charge >= 0.3 is 0 Å². The Bertz CT molecular complexity index is 906. The van der Waals surface area contributed by atoms with Crippen molar-refractivity contribution in [1.82, 2.24) is 0 Å². The number of methoxy groups -OCH3 is 1. The third-order valence-electron chi connectivity index (χ3n) is 6.31. The maximum Gasteiger partial charge on any atom is 0.163 e. The van der Waals surface area contributed by atoms with Crippen LogP contribution in [0.15, 0.2) is 53.2 Å². The number of ether oxygens (including phenoxy) is 6. The molecule has 0 amide bonds. The van der Waals surface area contributed by atoms with Crippen molar-refractivity contribution in [3.05, 3.63) is 60.1 Å². The second-order valence-corrected chi connectivity index (χ2v) is 9.51. The number of benzene rings is 1. The van der Waals surface area contributed by atoms with Crippen molar-refractivity contribution in [3.63, 3.8) is 0 Å². The van der Waals surface area contributed by atoms with E-state index in [-0.39, 0.29) is 30.5 Å². The number of rotatable bonds is 12. The first kappa shape index (κ1) is 25.9. The summed E-state index contributed by atoms with van der Waals surface area (Å²) in [5.41, 5.74) is 1.06. The molecule has 192 valence electrons. The topological polar surface area (TPSA) is 68.5 Å². The molecule has 7 heteroatoms. The van der Waals surface area contributed by atoms with Crippen LogP contribution in [0.2, 0.25) is 0 Å². The van der Waals surface area contributed by atoms with Crippen molar-refractivity contribution in [2.24, 2.45) is 0 Å². The van der Waals surface area contributed by atoms with Gasteiger partial charge in [0.2, 0.25) is 0 Å². The Kier molecular flexibility index (Phi) is 9.03. The molecule has 0 radical (unpaired) electrons. The minimum atomic E-state index is -0.579. The molecule has 2 aliphatic heterocycles. The lowest BCUT2D eigenvalue weighted by atomic mass is 10.0. The zero-order valence-corrected chi connectivity index (χ0v) is 21.2. The Morgan fingerprint density at radius 3 is 2.57 bits per heavy atom. The molecule has 3 heterocycles. The standard InChI is InChI=1S/C28H38O7/c1-5-6-15-31-27-25(17-23-19-33-28(2,3)35-23)34-24(14-13-22-8-7-16-30-22)26(27)32-18-20-9-11-21(29-4)12-10-20/h7-14,16,23-27H,5-6,15,17-19H2,1-4H3/b14-13+/t23-,24+,25-,26+,27+/m1/s1. The molecule has 1 aromatic heterocycles. The first-order chi connectivity index (χ1) is 17.0. The van der Waals surface area contributed by atoms with Crippen LogP contribution >= 0.6 is 0 Å². The van der Waals surface area contributed by atoms with E-state index >= 15 is 0 Å². The molecule has 0 spiro atoms. The van der Waals surface area contributed by atoms with Crippen LogP contribution in [0.4, 0.5) is 0 Å². The van der Waals surface area contributed by atoms with Crippen molar-refractivity contribution in [3.8, 4) is 5.75 Å². The highest BCUT2D eigenvalue weighted by molar-refractivity contribution is 5.43. The molecular weight excluding hydrogens is 448 g/mol. The molecule has 2 saturated heterocycles. The first-order valence-corrected chi connectivity index (χ1v) is 12.5. The van der Waals surface area contributed by atoms with E-state index in [4.69, 9.17) is 32.8 Å². The summed E-state index contributed by atoms with van der Waals surface area (Å²) >= 11 is 0.